The highest BCUT2D eigenvalue weighted by Gasteiger charge is 2.16. The van der Waals surface area contributed by atoms with E-state index in [0.717, 1.165) is 11.6 Å². The largest absolute Gasteiger partial charge is 0.387 e. The summed E-state index contributed by atoms with van der Waals surface area (Å²) in [6.07, 6.45) is 0. The molecule has 58 valence electrons. The Bertz CT molecular complexity index is 130. The van der Waals surface area contributed by atoms with Crippen molar-refractivity contribution in [2.45, 2.75) is 5.25 Å². The third-order valence-electron chi connectivity index (χ3n) is 1.40. The van der Waals surface area contributed by atoms with E-state index in [1.54, 1.807) is 7.05 Å². The summed E-state index contributed by atoms with van der Waals surface area (Å²) in [6.45, 7) is 0. The van der Waals surface area contributed by atoms with Crippen molar-refractivity contribution < 1.29 is 0 Å². The number of hydrogen-bond donors (Lipinski definition) is 1. The molecule has 0 aromatic rings. The van der Waals surface area contributed by atoms with Gasteiger partial charge in [-0.3, -0.25) is 4.99 Å². The van der Waals surface area contributed by atoms with Gasteiger partial charge in [-0.2, -0.15) is 11.8 Å². The lowest BCUT2D eigenvalue weighted by Gasteiger charge is -2.19. The maximum Gasteiger partial charge on any atom is 0.107 e. The van der Waals surface area contributed by atoms with Gasteiger partial charge in [-0.1, -0.05) is 0 Å². The molecule has 0 aromatic carbocycles. The molecule has 1 atom stereocenters. The van der Waals surface area contributed by atoms with E-state index < -0.39 is 0 Å². The first-order valence-corrected chi connectivity index (χ1v) is 5.46. The van der Waals surface area contributed by atoms with E-state index in [0.29, 0.717) is 5.25 Å². The fraction of sp³-hybridized carbons (Fsp3) is 0.833. The third kappa shape index (κ3) is 2.09. The standard InChI is InChI=1S/C6H12N2S2/c1-8-6(7)5-4-9-2-3-10-5/h5H,2-4H2,1H3,(H2,7,8). The van der Waals surface area contributed by atoms with E-state index in [2.05, 4.69) is 4.99 Å². The van der Waals surface area contributed by atoms with Gasteiger partial charge in [-0.05, 0) is 0 Å². The minimum Gasteiger partial charge on any atom is -0.387 e. The molecule has 1 saturated heterocycles. The van der Waals surface area contributed by atoms with Crippen LogP contribution in [0.15, 0.2) is 4.99 Å². The Balaban J connectivity index is 2.39. The number of nitrogens with zero attached hydrogens (tertiary/aromatic N) is 1. The molecule has 0 saturated carbocycles. The Morgan fingerprint density at radius 1 is 1.60 bits per heavy atom. The van der Waals surface area contributed by atoms with Crippen molar-refractivity contribution >= 4 is 29.4 Å². The molecule has 0 aliphatic carbocycles. The predicted molar refractivity (Wildman–Crippen MR) is 51.1 cm³/mol. The average molecular weight is 176 g/mol. The molecule has 0 aromatic heterocycles. The van der Waals surface area contributed by atoms with Gasteiger partial charge in [0.2, 0.25) is 0 Å². The van der Waals surface area contributed by atoms with Crippen molar-refractivity contribution in [3.63, 3.8) is 0 Å². The molecule has 1 aliphatic rings. The highest BCUT2D eigenvalue weighted by molar-refractivity contribution is 8.07. The molecule has 1 heterocycles. The SMILES string of the molecule is CN=C(N)C1CSCCS1. The summed E-state index contributed by atoms with van der Waals surface area (Å²) < 4.78 is 0. The summed E-state index contributed by atoms with van der Waals surface area (Å²) in [5, 5.41) is 0.476. The van der Waals surface area contributed by atoms with Gasteiger partial charge in [0.25, 0.3) is 0 Å². The van der Waals surface area contributed by atoms with Crippen LogP contribution in [-0.2, 0) is 0 Å². The van der Waals surface area contributed by atoms with Crippen LogP contribution < -0.4 is 5.73 Å². The second-order valence-electron chi connectivity index (χ2n) is 2.08. The van der Waals surface area contributed by atoms with Crippen LogP contribution in [0.25, 0.3) is 0 Å². The molecule has 0 amide bonds. The molecule has 1 aliphatic heterocycles. The van der Waals surface area contributed by atoms with Gasteiger partial charge in [0, 0.05) is 24.3 Å². The van der Waals surface area contributed by atoms with Gasteiger partial charge in [0.1, 0.15) is 5.84 Å². The first-order chi connectivity index (χ1) is 4.84. The maximum absolute atomic E-state index is 5.66. The minimum absolute atomic E-state index is 0.476. The molecular formula is C6H12N2S2. The van der Waals surface area contributed by atoms with Crippen molar-refractivity contribution in [1.82, 2.24) is 0 Å². The normalized spacial score (nSPS) is 28.5. The molecule has 10 heavy (non-hydrogen) atoms. The lowest BCUT2D eigenvalue weighted by molar-refractivity contribution is 1.22. The molecule has 0 spiro atoms. The van der Waals surface area contributed by atoms with Crippen LogP contribution in [0.3, 0.4) is 0 Å². The van der Waals surface area contributed by atoms with E-state index in [1.807, 2.05) is 23.5 Å². The van der Waals surface area contributed by atoms with E-state index in [9.17, 15) is 0 Å². The topological polar surface area (TPSA) is 38.4 Å². The second kappa shape index (κ2) is 4.13. The lowest BCUT2D eigenvalue weighted by Crippen LogP contribution is -2.30. The van der Waals surface area contributed by atoms with Gasteiger partial charge in [0.15, 0.2) is 0 Å². The summed E-state index contributed by atoms with van der Waals surface area (Å²) in [4.78, 5) is 3.97. The molecule has 1 fully saturated rings. The van der Waals surface area contributed by atoms with Crippen molar-refractivity contribution in [2.24, 2.45) is 10.7 Å². The quantitative estimate of drug-likeness (QED) is 0.475. The summed E-state index contributed by atoms with van der Waals surface area (Å²) in [6, 6.07) is 0. The first kappa shape index (κ1) is 8.27. The smallest absolute Gasteiger partial charge is 0.107 e. The summed E-state index contributed by atoms with van der Waals surface area (Å²) in [5.74, 6) is 4.41. The number of rotatable bonds is 1. The zero-order chi connectivity index (χ0) is 7.40. The van der Waals surface area contributed by atoms with E-state index in [-0.39, 0.29) is 0 Å². The van der Waals surface area contributed by atoms with Crippen LogP contribution in [0, 0.1) is 0 Å². The van der Waals surface area contributed by atoms with Crippen LogP contribution in [-0.4, -0.2) is 35.4 Å². The van der Waals surface area contributed by atoms with E-state index in [1.165, 1.54) is 11.5 Å². The van der Waals surface area contributed by atoms with Crippen LogP contribution in [0.2, 0.25) is 0 Å². The van der Waals surface area contributed by atoms with Crippen LogP contribution in [0.4, 0.5) is 0 Å². The Kier molecular flexibility index (Phi) is 3.42. The highest BCUT2D eigenvalue weighted by Crippen LogP contribution is 2.23. The Morgan fingerprint density at radius 3 is 2.90 bits per heavy atom. The molecule has 0 bridgehead atoms. The van der Waals surface area contributed by atoms with E-state index >= 15 is 0 Å². The van der Waals surface area contributed by atoms with E-state index in [4.69, 9.17) is 5.73 Å². The van der Waals surface area contributed by atoms with Crippen molar-refractivity contribution in [3.8, 4) is 0 Å². The molecule has 4 heteroatoms. The lowest BCUT2D eigenvalue weighted by atomic mass is 10.4. The number of hydrogen-bond acceptors (Lipinski definition) is 3. The van der Waals surface area contributed by atoms with Gasteiger partial charge in [-0.25, -0.2) is 0 Å². The van der Waals surface area contributed by atoms with Gasteiger partial charge in [0.05, 0.1) is 5.25 Å². The molecule has 1 unspecified atom stereocenters. The molecular weight excluding hydrogens is 164 g/mol. The molecule has 0 radical (unpaired) electrons. The monoisotopic (exact) mass is 176 g/mol. The highest BCUT2D eigenvalue weighted by atomic mass is 32.2. The summed E-state index contributed by atoms with van der Waals surface area (Å²) in [7, 11) is 1.76. The summed E-state index contributed by atoms with van der Waals surface area (Å²) in [5.41, 5.74) is 5.66. The number of thioether (sulfide) groups is 2. The van der Waals surface area contributed by atoms with Crippen LogP contribution >= 0.6 is 23.5 Å². The van der Waals surface area contributed by atoms with Crippen molar-refractivity contribution in [3.05, 3.63) is 0 Å². The fourth-order valence-corrected chi connectivity index (χ4v) is 3.44. The summed E-state index contributed by atoms with van der Waals surface area (Å²) >= 11 is 3.88. The average Bonchev–Trinajstić information content (AvgIpc) is 2.05. The number of aliphatic imine (C=N–C) groups is 1. The minimum atomic E-state index is 0.476. The predicted octanol–water partition coefficient (Wildman–Crippen LogP) is 0.822. The first-order valence-electron chi connectivity index (χ1n) is 3.26. The Labute approximate surface area is 70.0 Å². The van der Waals surface area contributed by atoms with Crippen molar-refractivity contribution in [1.29, 1.82) is 0 Å². The zero-order valence-electron chi connectivity index (χ0n) is 6.04. The molecule has 2 nitrogen and oxygen atoms in total. The second-order valence-corrected chi connectivity index (χ2v) is 4.54. The van der Waals surface area contributed by atoms with Crippen LogP contribution in [0.1, 0.15) is 0 Å². The zero-order valence-corrected chi connectivity index (χ0v) is 7.67. The van der Waals surface area contributed by atoms with Gasteiger partial charge in [-0.15, -0.1) is 11.8 Å². The fourth-order valence-electron chi connectivity index (χ4n) is 0.803. The molecule has 1 rings (SSSR count). The maximum atomic E-state index is 5.66. The third-order valence-corrected chi connectivity index (χ3v) is 4.19. The van der Waals surface area contributed by atoms with Crippen LogP contribution in [0.5, 0.6) is 0 Å². The Hall–Kier alpha value is 0.170. The van der Waals surface area contributed by atoms with Crippen molar-refractivity contribution in [2.75, 3.05) is 24.3 Å². The Morgan fingerprint density at radius 2 is 2.40 bits per heavy atom. The van der Waals surface area contributed by atoms with Gasteiger partial charge >= 0.3 is 0 Å². The van der Waals surface area contributed by atoms with Gasteiger partial charge < -0.3 is 5.73 Å². The molecule has 2 N–H and O–H groups in total. The number of nitrogens with two attached hydrogens (primary N) is 1. The number of amidine groups is 1.